The van der Waals surface area contributed by atoms with Crippen LogP contribution in [0.4, 0.5) is 5.13 Å². The minimum absolute atomic E-state index is 0.0329. The molecule has 1 aliphatic heterocycles. The highest BCUT2D eigenvalue weighted by molar-refractivity contribution is 7.13. The van der Waals surface area contributed by atoms with Crippen molar-refractivity contribution in [3.8, 4) is 0 Å². The zero-order chi connectivity index (χ0) is 14.8. The molecule has 0 aromatic carbocycles. The maximum Gasteiger partial charge on any atom is 0.249 e. The zero-order valence-electron chi connectivity index (χ0n) is 12.0. The maximum absolute atomic E-state index is 12.5. The Morgan fingerprint density at radius 1 is 1.33 bits per heavy atom. The molecule has 0 unspecified atom stereocenters. The molecule has 3 rings (SSSR count). The van der Waals surface area contributed by atoms with Gasteiger partial charge in [0, 0.05) is 49.2 Å². The molecular weight excluding hydrogens is 286 g/mol. The molecule has 21 heavy (non-hydrogen) atoms. The van der Waals surface area contributed by atoms with Gasteiger partial charge in [-0.15, -0.1) is 11.3 Å². The van der Waals surface area contributed by atoms with Gasteiger partial charge in [-0.05, 0) is 12.5 Å². The van der Waals surface area contributed by atoms with E-state index in [0.29, 0.717) is 12.2 Å². The van der Waals surface area contributed by atoms with Crippen molar-refractivity contribution in [3.63, 3.8) is 0 Å². The number of amides is 1. The average Bonchev–Trinajstić information content (AvgIpc) is 3.04. The highest BCUT2D eigenvalue weighted by Gasteiger charge is 2.26. The van der Waals surface area contributed by atoms with Crippen LogP contribution in [0.25, 0.3) is 0 Å². The molecule has 1 aromatic rings. The van der Waals surface area contributed by atoms with Gasteiger partial charge >= 0.3 is 0 Å². The number of aromatic nitrogens is 1. The number of allylic oxidation sites excluding steroid dienone is 3. The highest BCUT2D eigenvalue weighted by atomic mass is 32.1. The van der Waals surface area contributed by atoms with Gasteiger partial charge in [0.25, 0.3) is 0 Å². The topological polar surface area (TPSA) is 56.7 Å². The normalized spacial score (nSPS) is 22.8. The second-order valence-electron chi connectivity index (χ2n) is 5.48. The monoisotopic (exact) mass is 305 g/mol. The highest BCUT2D eigenvalue weighted by Crippen LogP contribution is 2.25. The summed E-state index contributed by atoms with van der Waals surface area (Å²) in [7, 11) is 0. The molecule has 0 radical (unpaired) electrons. The third-order valence-corrected chi connectivity index (χ3v) is 4.85. The molecule has 1 fully saturated rings. The van der Waals surface area contributed by atoms with Crippen LogP contribution in [0.15, 0.2) is 35.1 Å². The Morgan fingerprint density at radius 2 is 2.10 bits per heavy atom. The molecule has 1 atom stereocenters. The first kappa shape index (κ1) is 14.1. The van der Waals surface area contributed by atoms with E-state index in [9.17, 15) is 9.90 Å². The van der Waals surface area contributed by atoms with Gasteiger partial charge < -0.3 is 14.9 Å². The van der Waals surface area contributed by atoms with Gasteiger partial charge in [-0.3, -0.25) is 4.79 Å². The average molecular weight is 305 g/mol. The lowest BCUT2D eigenvalue weighted by molar-refractivity contribution is -0.127. The number of piperazine rings is 1. The fourth-order valence-electron chi connectivity index (χ4n) is 2.69. The van der Waals surface area contributed by atoms with E-state index < -0.39 is 0 Å². The van der Waals surface area contributed by atoms with E-state index in [1.807, 2.05) is 23.4 Å². The second kappa shape index (κ2) is 5.89. The van der Waals surface area contributed by atoms with Crippen molar-refractivity contribution in [3.05, 3.63) is 35.1 Å². The number of carbonyl (C=O) groups excluding carboxylic acids is 1. The molecule has 0 spiro atoms. The third kappa shape index (κ3) is 2.95. The lowest BCUT2D eigenvalue weighted by Crippen LogP contribution is -2.49. The summed E-state index contributed by atoms with van der Waals surface area (Å²) in [4.78, 5) is 20.9. The first-order chi connectivity index (χ1) is 10.1. The van der Waals surface area contributed by atoms with Crippen LogP contribution in [0.5, 0.6) is 0 Å². The van der Waals surface area contributed by atoms with Crippen LogP contribution in [-0.4, -0.2) is 47.1 Å². The number of thiazole rings is 1. The Hall–Kier alpha value is -1.82. The van der Waals surface area contributed by atoms with Crippen molar-refractivity contribution < 1.29 is 9.90 Å². The zero-order valence-corrected chi connectivity index (χ0v) is 12.8. The molecule has 5 nitrogen and oxygen atoms in total. The Labute approximate surface area is 128 Å². The van der Waals surface area contributed by atoms with Gasteiger partial charge in [-0.1, -0.05) is 13.0 Å². The summed E-state index contributed by atoms with van der Waals surface area (Å²) in [6.07, 6.45) is 5.83. The van der Waals surface area contributed by atoms with Gasteiger partial charge in [-0.25, -0.2) is 4.98 Å². The molecule has 1 N–H and O–H groups in total. The van der Waals surface area contributed by atoms with Crippen molar-refractivity contribution in [2.45, 2.75) is 13.3 Å². The van der Waals surface area contributed by atoms with Crippen LogP contribution in [0, 0.1) is 5.92 Å². The molecule has 0 saturated carbocycles. The number of rotatable bonds is 2. The number of aliphatic hydroxyl groups excluding tert-OH is 1. The van der Waals surface area contributed by atoms with Gasteiger partial charge in [0.1, 0.15) is 0 Å². The smallest absolute Gasteiger partial charge is 0.249 e. The summed E-state index contributed by atoms with van der Waals surface area (Å²) in [5.41, 5.74) is 0.794. The fourth-order valence-corrected chi connectivity index (χ4v) is 3.38. The van der Waals surface area contributed by atoms with Crippen molar-refractivity contribution in [2.24, 2.45) is 5.92 Å². The lowest BCUT2D eigenvalue weighted by Gasteiger charge is -2.35. The van der Waals surface area contributed by atoms with Crippen molar-refractivity contribution in [1.29, 1.82) is 0 Å². The SMILES string of the molecule is C[C@H]1CC(C(=O)N2CCN(c3nccs3)CC2)=CC=C1O. The van der Waals surface area contributed by atoms with Crippen LogP contribution < -0.4 is 4.90 Å². The second-order valence-corrected chi connectivity index (χ2v) is 6.36. The molecule has 1 aliphatic carbocycles. The summed E-state index contributed by atoms with van der Waals surface area (Å²) in [6.45, 7) is 5.03. The number of nitrogens with zero attached hydrogens (tertiary/aromatic N) is 3. The molecule has 2 heterocycles. The third-order valence-electron chi connectivity index (χ3n) is 4.02. The number of hydrogen-bond donors (Lipinski definition) is 1. The van der Waals surface area contributed by atoms with Gasteiger partial charge in [-0.2, -0.15) is 0 Å². The van der Waals surface area contributed by atoms with Crippen molar-refractivity contribution in [1.82, 2.24) is 9.88 Å². The molecule has 0 bridgehead atoms. The maximum atomic E-state index is 12.5. The molecular formula is C15H19N3O2S. The summed E-state index contributed by atoms with van der Waals surface area (Å²) in [6, 6.07) is 0. The predicted molar refractivity (Wildman–Crippen MR) is 83.5 cm³/mol. The standard InChI is InChI=1S/C15H19N3O2S/c1-11-10-12(2-3-13(11)19)14(20)17-5-7-18(8-6-17)15-16-4-9-21-15/h2-4,9,11,19H,5-8,10H2,1H3/t11-/m0/s1. The summed E-state index contributed by atoms with van der Waals surface area (Å²) >= 11 is 1.63. The summed E-state index contributed by atoms with van der Waals surface area (Å²) in [5, 5.41) is 12.6. The number of carbonyl (C=O) groups is 1. The van der Waals surface area contributed by atoms with E-state index in [1.54, 1.807) is 23.5 Å². The van der Waals surface area contributed by atoms with E-state index in [-0.39, 0.29) is 11.8 Å². The van der Waals surface area contributed by atoms with Crippen LogP contribution in [0.3, 0.4) is 0 Å². The van der Waals surface area contributed by atoms with Gasteiger partial charge in [0.05, 0.1) is 5.76 Å². The Morgan fingerprint density at radius 3 is 2.71 bits per heavy atom. The fraction of sp³-hybridized carbons (Fsp3) is 0.467. The van der Waals surface area contributed by atoms with Crippen LogP contribution in [0.2, 0.25) is 0 Å². The first-order valence-electron chi connectivity index (χ1n) is 7.18. The van der Waals surface area contributed by atoms with E-state index in [4.69, 9.17) is 0 Å². The lowest BCUT2D eigenvalue weighted by atomic mass is 9.93. The minimum Gasteiger partial charge on any atom is -0.512 e. The van der Waals surface area contributed by atoms with Crippen LogP contribution in [0.1, 0.15) is 13.3 Å². The largest absolute Gasteiger partial charge is 0.512 e. The van der Waals surface area contributed by atoms with Gasteiger partial charge in [0.15, 0.2) is 5.13 Å². The molecule has 112 valence electrons. The Kier molecular flexibility index (Phi) is 3.96. The predicted octanol–water partition coefficient (Wildman–Crippen LogP) is 2.20. The molecule has 1 saturated heterocycles. The minimum atomic E-state index is 0.0329. The van der Waals surface area contributed by atoms with Crippen molar-refractivity contribution in [2.75, 3.05) is 31.1 Å². The molecule has 6 heteroatoms. The summed E-state index contributed by atoms with van der Waals surface area (Å²) in [5.74, 6) is 0.495. The molecule has 2 aliphatic rings. The summed E-state index contributed by atoms with van der Waals surface area (Å²) < 4.78 is 0. The number of anilines is 1. The molecule has 1 aromatic heterocycles. The van der Waals surface area contributed by atoms with E-state index in [1.165, 1.54) is 0 Å². The van der Waals surface area contributed by atoms with E-state index in [2.05, 4.69) is 9.88 Å². The van der Waals surface area contributed by atoms with E-state index in [0.717, 1.165) is 36.9 Å². The first-order valence-corrected chi connectivity index (χ1v) is 8.06. The molecule has 1 amide bonds. The van der Waals surface area contributed by atoms with E-state index >= 15 is 0 Å². The quantitative estimate of drug-likeness (QED) is 0.910. The van der Waals surface area contributed by atoms with Crippen LogP contribution in [-0.2, 0) is 4.79 Å². The van der Waals surface area contributed by atoms with Gasteiger partial charge in [0.2, 0.25) is 5.91 Å². The number of aliphatic hydroxyl groups is 1. The number of hydrogen-bond acceptors (Lipinski definition) is 5. The Bertz CT molecular complexity index is 572. The van der Waals surface area contributed by atoms with Crippen LogP contribution >= 0.6 is 11.3 Å². The van der Waals surface area contributed by atoms with Crippen molar-refractivity contribution >= 4 is 22.4 Å². The Balaban J connectivity index is 1.61.